The Hall–Kier alpha value is -5.09. The molecular weight excluding hydrogens is 649 g/mol. The van der Waals surface area contributed by atoms with Crippen LogP contribution < -0.4 is 0 Å². The minimum Gasteiger partial charge on any atom is -0.502 e. The van der Waals surface area contributed by atoms with Gasteiger partial charge in [-0.05, 0) is 110 Å². The molecule has 5 aromatic carbocycles. The average molecular weight is 694 g/mol. The number of aryl methyl sites for hydroxylation is 2. The Kier molecular flexibility index (Phi) is 14.1. The molecule has 5 aromatic rings. The van der Waals surface area contributed by atoms with E-state index >= 15 is 4.39 Å². The fraction of sp³-hybridized carbons (Fsp3) is 0.255. The van der Waals surface area contributed by atoms with E-state index in [0.29, 0.717) is 10.6 Å². The van der Waals surface area contributed by atoms with Gasteiger partial charge in [-0.15, -0.1) is 11.8 Å². The number of fused-ring (bicyclic) bond motifs is 1. The van der Waals surface area contributed by atoms with Crippen LogP contribution in [0, 0.1) is 34.9 Å². The number of nitrogens with one attached hydrogen (secondary N) is 1. The normalized spacial score (nSPS) is 10.8. The Morgan fingerprint density at radius 3 is 2.14 bits per heavy atom. The molecule has 0 bridgehead atoms. The van der Waals surface area contributed by atoms with Crippen molar-refractivity contribution in [3.8, 4) is 45.9 Å². The summed E-state index contributed by atoms with van der Waals surface area (Å²) in [7, 11) is 0. The van der Waals surface area contributed by atoms with E-state index in [4.69, 9.17) is 21.7 Å². The molecule has 258 valence electrons. The largest absolute Gasteiger partial charge is 0.502 e. The van der Waals surface area contributed by atoms with Gasteiger partial charge in [0.25, 0.3) is 0 Å². The molecule has 0 radical (unpaired) electrons. The average Bonchev–Trinajstić information content (AvgIpc) is 3.16. The second-order valence-corrected chi connectivity index (χ2v) is 13.0. The fourth-order valence-electron chi connectivity index (χ4n) is 6.27. The van der Waals surface area contributed by atoms with Crippen LogP contribution >= 0.6 is 11.6 Å². The Morgan fingerprint density at radius 2 is 1.39 bits per heavy atom. The summed E-state index contributed by atoms with van der Waals surface area (Å²) in [6.07, 6.45) is 14.4. The van der Waals surface area contributed by atoms with Crippen LogP contribution in [-0.4, -0.2) is 12.8 Å². The number of allylic oxidation sites excluding steroid dienone is 1. The maximum Gasteiger partial charge on any atom is 0.131 e. The minimum atomic E-state index is -0.206. The molecule has 0 aliphatic rings. The van der Waals surface area contributed by atoms with E-state index in [9.17, 15) is 0 Å². The maximum atomic E-state index is 15.1. The quantitative estimate of drug-likeness (QED) is 0.0503. The van der Waals surface area contributed by atoms with Crippen LogP contribution in [0.1, 0.15) is 86.6 Å². The van der Waals surface area contributed by atoms with Gasteiger partial charge in [-0.1, -0.05) is 109 Å². The highest BCUT2D eigenvalue weighted by Crippen LogP contribution is 2.34. The van der Waals surface area contributed by atoms with Gasteiger partial charge >= 0.3 is 0 Å². The van der Waals surface area contributed by atoms with Gasteiger partial charge in [0, 0.05) is 40.3 Å². The van der Waals surface area contributed by atoms with Crippen molar-refractivity contribution in [2.75, 3.05) is 6.61 Å². The number of hydrogen-bond acceptors (Lipinski definition) is 2. The predicted molar refractivity (Wildman–Crippen MR) is 214 cm³/mol. The van der Waals surface area contributed by atoms with E-state index in [1.54, 1.807) is 12.3 Å². The van der Waals surface area contributed by atoms with E-state index in [1.807, 2.05) is 80.6 Å². The molecule has 0 fully saturated rings. The van der Waals surface area contributed by atoms with Crippen LogP contribution in [0.3, 0.4) is 0 Å². The molecule has 51 heavy (non-hydrogen) atoms. The molecule has 5 rings (SSSR count). The second-order valence-electron chi connectivity index (χ2n) is 12.7. The van der Waals surface area contributed by atoms with Gasteiger partial charge in [0.2, 0.25) is 0 Å². The first kappa shape index (κ1) is 37.2. The summed E-state index contributed by atoms with van der Waals surface area (Å²) in [6, 6.07) is 29.8. The Morgan fingerprint density at radius 1 is 0.725 bits per heavy atom. The lowest BCUT2D eigenvalue weighted by Crippen LogP contribution is -1.93. The molecule has 0 aliphatic heterocycles. The predicted octanol–water partition coefficient (Wildman–Crippen LogP) is 12.8. The van der Waals surface area contributed by atoms with Crippen LogP contribution in [0.15, 0.2) is 103 Å². The molecule has 0 amide bonds. The summed E-state index contributed by atoms with van der Waals surface area (Å²) < 4.78 is 20.5. The monoisotopic (exact) mass is 693 g/mol. The molecule has 0 spiro atoms. The summed E-state index contributed by atoms with van der Waals surface area (Å²) in [6.45, 7) is 4.57. The van der Waals surface area contributed by atoms with Crippen molar-refractivity contribution in [1.29, 1.82) is 5.41 Å². The van der Waals surface area contributed by atoms with Crippen LogP contribution in [-0.2, 0) is 17.6 Å². The van der Waals surface area contributed by atoms with Crippen molar-refractivity contribution < 1.29 is 9.13 Å². The van der Waals surface area contributed by atoms with E-state index in [0.717, 1.165) is 114 Å². The highest BCUT2D eigenvalue weighted by molar-refractivity contribution is 6.37. The lowest BCUT2D eigenvalue weighted by atomic mass is 9.93. The van der Waals surface area contributed by atoms with E-state index < -0.39 is 0 Å². The van der Waals surface area contributed by atoms with Crippen molar-refractivity contribution in [2.24, 2.45) is 0 Å². The zero-order valence-corrected chi connectivity index (χ0v) is 30.4. The summed E-state index contributed by atoms with van der Waals surface area (Å²) >= 11 is 6.91. The third kappa shape index (κ3) is 10.2. The van der Waals surface area contributed by atoms with Gasteiger partial charge in [0.05, 0.1) is 17.9 Å². The number of benzene rings is 5. The second kappa shape index (κ2) is 19.3. The Bertz CT molecular complexity index is 2090. The van der Waals surface area contributed by atoms with Crippen LogP contribution in [0.25, 0.3) is 33.0 Å². The number of unbranched alkanes of at least 4 members (excludes halogenated alkanes) is 5. The molecule has 0 aromatic heterocycles. The summed E-state index contributed by atoms with van der Waals surface area (Å²) in [5.41, 5.74) is 8.17. The van der Waals surface area contributed by atoms with E-state index in [1.165, 1.54) is 11.8 Å². The zero-order valence-electron chi connectivity index (χ0n) is 29.6. The summed E-state index contributed by atoms with van der Waals surface area (Å²) in [4.78, 5) is 0. The van der Waals surface area contributed by atoms with Gasteiger partial charge < -0.3 is 10.1 Å². The van der Waals surface area contributed by atoms with Gasteiger partial charge in [-0.3, -0.25) is 0 Å². The third-order valence-corrected chi connectivity index (χ3v) is 9.47. The molecule has 0 saturated heterocycles. The number of rotatable bonds is 15. The number of hydrogen-bond donors (Lipinski definition) is 1. The lowest BCUT2D eigenvalue weighted by Gasteiger charge is -2.12. The van der Waals surface area contributed by atoms with E-state index in [2.05, 4.69) is 47.9 Å². The van der Waals surface area contributed by atoms with Gasteiger partial charge in [-0.25, -0.2) is 4.39 Å². The molecule has 0 unspecified atom stereocenters. The highest BCUT2D eigenvalue weighted by atomic mass is 35.5. The van der Waals surface area contributed by atoms with Crippen molar-refractivity contribution >= 4 is 28.6 Å². The first-order valence-electron chi connectivity index (χ1n) is 17.9. The first-order valence-corrected chi connectivity index (χ1v) is 18.3. The topological polar surface area (TPSA) is 33.1 Å². The van der Waals surface area contributed by atoms with Crippen molar-refractivity contribution in [3.63, 3.8) is 0 Å². The minimum absolute atomic E-state index is 0.206. The zero-order chi connectivity index (χ0) is 35.8. The van der Waals surface area contributed by atoms with E-state index in [-0.39, 0.29) is 5.82 Å². The van der Waals surface area contributed by atoms with Crippen molar-refractivity contribution in [2.45, 2.75) is 71.6 Å². The van der Waals surface area contributed by atoms with Crippen molar-refractivity contribution in [1.82, 2.24) is 0 Å². The smallest absolute Gasteiger partial charge is 0.131 e. The summed E-state index contributed by atoms with van der Waals surface area (Å²) in [5.74, 6) is 12.3. The molecule has 0 atom stereocenters. The highest BCUT2D eigenvalue weighted by Gasteiger charge is 2.12. The van der Waals surface area contributed by atoms with Gasteiger partial charge in [0.15, 0.2) is 0 Å². The molecule has 4 heteroatoms. The lowest BCUT2D eigenvalue weighted by molar-refractivity contribution is 0.240. The summed E-state index contributed by atoms with van der Waals surface area (Å²) in [5, 5.41) is 10.6. The number of halogens is 2. The molecule has 0 aliphatic carbocycles. The van der Waals surface area contributed by atoms with Crippen LogP contribution in [0.2, 0.25) is 5.02 Å². The van der Waals surface area contributed by atoms with Crippen molar-refractivity contribution in [3.05, 3.63) is 142 Å². The first-order chi connectivity index (χ1) is 25.0. The Balaban J connectivity index is 1.23. The van der Waals surface area contributed by atoms with Crippen LogP contribution in [0.5, 0.6) is 0 Å². The van der Waals surface area contributed by atoms with Gasteiger partial charge in [0.1, 0.15) is 5.82 Å². The SMILES string of the molecule is CC#CCCCCc1ccc(-c2ccc3c(Cl)c(C#Cc4ccc(-c5ccc(CCCCCCO/C=C/C)cc5F)cc4)ccc3c2C=N)cc1. The maximum absolute atomic E-state index is 15.1. The molecule has 2 nitrogen and oxygen atoms in total. The van der Waals surface area contributed by atoms with Gasteiger partial charge in [-0.2, -0.15) is 0 Å². The molecular formula is C47H45ClFNO. The van der Waals surface area contributed by atoms with Crippen LogP contribution in [0.4, 0.5) is 4.39 Å². The molecule has 0 saturated carbocycles. The third-order valence-electron chi connectivity index (χ3n) is 9.06. The molecule has 0 heterocycles. The molecule has 1 N–H and O–H groups in total. The number of ether oxygens (including phenoxy) is 1. The fourth-order valence-corrected chi connectivity index (χ4v) is 6.54. The Labute approximate surface area is 308 Å². The standard InChI is InChI=1S/C47H45ClFNO/c1-3-5-6-7-10-13-35-15-21-38(22-16-35)41-29-30-44-43(45(41)34-50)28-26-40(47(44)48)25-19-36-17-23-39(24-18-36)42-27-20-37(33-46(42)49)14-11-8-9-12-32-51-31-4-2/h4,15-18,20-24,26-31,33-34,50H,6-14,32H2,1-2H3/b31-4+,50-34?.